The summed E-state index contributed by atoms with van der Waals surface area (Å²) < 4.78 is 15.9. The molecule has 0 amide bonds. The molecule has 1 aliphatic carbocycles. The summed E-state index contributed by atoms with van der Waals surface area (Å²) in [4.78, 5) is 4.51. The van der Waals surface area contributed by atoms with Crippen molar-refractivity contribution in [2.45, 2.75) is 44.5 Å². The van der Waals surface area contributed by atoms with Crippen LogP contribution < -0.4 is 0 Å². The lowest BCUT2D eigenvalue weighted by molar-refractivity contribution is 0.429. The number of imidazole rings is 1. The minimum atomic E-state index is -0.400. The topological polar surface area (TPSA) is 17.8 Å². The number of rotatable bonds is 5. The van der Waals surface area contributed by atoms with Crippen LogP contribution in [-0.4, -0.2) is 9.55 Å². The summed E-state index contributed by atoms with van der Waals surface area (Å²) >= 11 is 11.9. The van der Waals surface area contributed by atoms with Crippen molar-refractivity contribution in [3.05, 3.63) is 28.8 Å². The fourth-order valence-electron chi connectivity index (χ4n) is 2.83. The highest BCUT2D eigenvalue weighted by Gasteiger charge is 2.27. The van der Waals surface area contributed by atoms with Gasteiger partial charge in [-0.05, 0) is 24.8 Å². The maximum absolute atomic E-state index is 13.8. The van der Waals surface area contributed by atoms with E-state index in [9.17, 15) is 4.39 Å². The highest BCUT2D eigenvalue weighted by Crippen LogP contribution is 2.39. The minimum absolute atomic E-state index is 0.110. The summed E-state index contributed by atoms with van der Waals surface area (Å²) in [6.45, 7) is 2.16. The Morgan fingerprint density at radius 1 is 1.45 bits per heavy atom. The van der Waals surface area contributed by atoms with Crippen molar-refractivity contribution >= 4 is 34.2 Å². The van der Waals surface area contributed by atoms with Gasteiger partial charge in [-0.1, -0.05) is 31.4 Å². The Bertz CT molecular complexity index is 634. The molecule has 3 rings (SSSR count). The molecule has 1 aromatic carbocycles. The second-order valence-electron chi connectivity index (χ2n) is 5.53. The van der Waals surface area contributed by atoms with E-state index in [0.29, 0.717) is 11.9 Å². The van der Waals surface area contributed by atoms with Gasteiger partial charge in [0.05, 0.1) is 21.9 Å². The van der Waals surface area contributed by atoms with Crippen molar-refractivity contribution in [2.24, 2.45) is 5.92 Å². The Kier molecular flexibility index (Phi) is 3.91. The van der Waals surface area contributed by atoms with E-state index in [2.05, 4.69) is 16.5 Å². The van der Waals surface area contributed by atoms with Crippen LogP contribution in [0.3, 0.4) is 0 Å². The lowest BCUT2D eigenvalue weighted by Crippen LogP contribution is -2.12. The third kappa shape index (κ3) is 2.53. The summed E-state index contributed by atoms with van der Waals surface area (Å²) in [5, 5.41) is 0.110. The molecule has 20 heavy (non-hydrogen) atoms. The van der Waals surface area contributed by atoms with Gasteiger partial charge in [0, 0.05) is 12.1 Å². The van der Waals surface area contributed by atoms with Crippen LogP contribution >= 0.6 is 23.2 Å². The van der Waals surface area contributed by atoms with E-state index in [4.69, 9.17) is 23.2 Å². The second kappa shape index (κ2) is 5.53. The normalized spacial score (nSPS) is 16.8. The van der Waals surface area contributed by atoms with Gasteiger partial charge in [0.1, 0.15) is 11.6 Å². The molecule has 1 aromatic heterocycles. The zero-order chi connectivity index (χ0) is 14.3. The minimum Gasteiger partial charge on any atom is -0.324 e. The Balaban J connectivity index is 2.12. The van der Waals surface area contributed by atoms with Crippen LogP contribution in [0.15, 0.2) is 12.1 Å². The molecule has 0 radical (unpaired) electrons. The van der Waals surface area contributed by atoms with Gasteiger partial charge in [-0.2, -0.15) is 0 Å². The molecule has 108 valence electrons. The van der Waals surface area contributed by atoms with Gasteiger partial charge in [-0.25, -0.2) is 9.37 Å². The molecule has 1 atom stereocenters. The lowest BCUT2D eigenvalue weighted by Gasteiger charge is -2.20. The third-order valence-electron chi connectivity index (χ3n) is 4.06. The molecule has 2 aromatic rings. The van der Waals surface area contributed by atoms with Crippen molar-refractivity contribution < 1.29 is 4.39 Å². The van der Waals surface area contributed by atoms with Crippen LogP contribution in [0.25, 0.3) is 11.0 Å². The van der Waals surface area contributed by atoms with Crippen molar-refractivity contribution in [3.63, 3.8) is 0 Å². The van der Waals surface area contributed by atoms with E-state index in [1.807, 2.05) is 0 Å². The number of nitrogens with zero attached hydrogens (tertiary/aromatic N) is 2. The highest BCUT2D eigenvalue weighted by molar-refractivity contribution is 6.31. The van der Waals surface area contributed by atoms with E-state index in [0.717, 1.165) is 35.6 Å². The first-order valence-electron chi connectivity index (χ1n) is 7.05. The monoisotopic (exact) mass is 314 g/mol. The molecule has 5 heteroatoms. The summed E-state index contributed by atoms with van der Waals surface area (Å²) in [6.07, 6.45) is 4.73. The van der Waals surface area contributed by atoms with Gasteiger partial charge in [0.25, 0.3) is 0 Å². The molecule has 0 aliphatic heterocycles. The van der Waals surface area contributed by atoms with E-state index in [1.165, 1.54) is 18.9 Å². The molecule has 1 unspecified atom stereocenters. The number of hydrogen-bond donors (Lipinski definition) is 0. The first-order chi connectivity index (χ1) is 9.63. The molecular weight excluding hydrogens is 298 g/mol. The molecule has 0 bridgehead atoms. The standard InChI is InChI=1S/C15H17Cl2FN2/c1-2-10(5-9-3-4-9)20-14-7-12(18)11(17)6-13(14)19-15(20)8-16/h6-7,9-10H,2-5,8H2,1H3. The largest absolute Gasteiger partial charge is 0.324 e. The van der Waals surface area contributed by atoms with E-state index >= 15 is 0 Å². The summed E-state index contributed by atoms with van der Waals surface area (Å²) in [6, 6.07) is 3.40. The first kappa shape index (κ1) is 14.2. The molecule has 1 saturated carbocycles. The Morgan fingerprint density at radius 3 is 2.80 bits per heavy atom. The fourth-order valence-corrected chi connectivity index (χ4v) is 3.18. The smallest absolute Gasteiger partial charge is 0.144 e. The molecule has 1 heterocycles. The summed E-state index contributed by atoms with van der Waals surface area (Å²) in [5.74, 6) is 1.53. The number of halogens is 3. The molecule has 0 N–H and O–H groups in total. The zero-order valence-corrected chi connectivity index (χ0v) is 12.9. The van der Waals surface area contributed by atoms with E-state index in [-0.39, 0.29) is 5.02 Å². The van der Waals surface area contributed by atoms with Gasteiger partial charge in [-0.3, -0.25) is 0 Å². The zero-order valence-electron chi connectivity index (χ0n) is 11.4. The average molecular weight is 315 g/mol. The lowest BCUT2D eigenvalue weighted by atomic mass is 10.1. The molecule has 1 fully saturated rings. The van der Waals surface area contributed by atoms with Crippen molar-refractivity contribution in [2.75, 3.05) is 0 Å². The van der Waals surface area contributed by atoms with Crippen molar-refractivity contribution in [1.29, 1.82) is 0 Å². The van der Waals surface area contributed by atoms with Crippen LogP contribution in [0, 0.1) is 11.7 Å². The second-order valence-corrected chi connectivity index (χ2v) is 6.20. The van der Waals surface area contributed by atoms with Crippen molar-refractivity contribution in [1.82, 2.24) is 9.55 Å². The molecule has 0 spiro atoms. The highest BCUT2D eigenvalue weighted by atomic mass is 35.5. The van der Waals surface area contributed by atoms with Gasteiger partial charge >= 0.3 is 0 Å². The van der Waals surface area contributed by atoms with Crippen LogP contribution in [0.4, 0.5) is 4.39 Å². The molecule has 0 saturated heterocycles. The predicted octanol–water partition coefficient (Wildman–Crippen LogP) is 5.32. The van der Waals surface area contributed by atoms with Crippen molar-refractivity contribution in [3.8, 4) is 0 Å². The Hall–Kier alpha value is -0.800. The first-order valence-corrected chi connectivity index (χ1v) is 7.97. The van der Waals surface area contributed by atoms with E-state index < -0.39 is 5.82 Å². The number of fused-ring (bicyclic) bond motifs is 1. The van der Waals surface area contributed by atoms with Crippen LogP contribution in [0.5, 0.6) is 0 Å². The molecular formula is C15H17Cl2FN2. The number of benzene rings is 1. The molecule has 1 aliphatic rings. The number of alkyl halides is 1. The van der Waals surface area contributed by atoms with Gasteiger partial charge in [-0.15, -0.1) is 11.6 Å². The quantitative estimate of drug-likeness (QED) is 0.683. The van der Waals surface area contributed by atoms with Gasteiger partial charge in [0.2, 0.25) is 0 Å². The average Bonchev–Trinajstić information content (AvgIpc) is 3.19. The fraction of sp³-hybridized carbons (Fsp3) is 0.533. The Labute approximate surface area is 127 Å². The van der Waals surface area contributed by atoms with Gasteiger partial charge in [0.15, 0.2) is 0 Å². The molecule has 2 nitrogen and oxygen atoms in total. The predicted molar refractivity (Wildman–Crippen MR) is 80.9 cm³/mol. The van der Waals surface area contributed by atoms with Crippen LogP contribution in [0.2, 0.25) is 5.02 Å². The summed E-state index contributed by atoms with van der Waals surface area (Å²) in [7, 11) is 0. The van der Waals surface area contributed by atoms with Crippen LogP contribution in [0.1, 0.15) is 44.5 Å². The van der Waals surface area contributed by atoms with Gasteiger partial charge < -0.3 is 4.57 Å². The number of hydrogen-bond acceptors (Lipinski definition) is 1. The van der Waals surface area contributed by atoms with E-state index in [1.54, 1.807) is 6.07 Å². The Morgan fingerprint density at radius 2 is 2.20 bits per heavy atom. The maximum Gasteiger partial charge on any atom is 0.144 e. The third-order valence-corrected chi connectivity index (χ3v) is 4.59. The number of aromatic nitrogens is 2. The van der Waals surface area contributed by atoms with Crippen LogP contribution in [-0.2, 0) is 5.88 Å². The summed E-state index contributed by atoms with van der Waals surface area (Å²) in [5.41, 5.74) is 1.52. The SMILES string of the molecule is CCC(CC1CC1)n1c(CCl)nc2cc(Cl)c(F)cc21. The maximum atomic E-state index is 13.8.